The zero-order valence-electron chi connectivity index (χ0n) is 13.0. The number of carbonyl (C=O) groups excluding carboxylic acids is 1. The highest BCUT2D eigenvalue weighted by Gasteiger charge is 2.40. The number of ketones is 1. The standard InChI is InChI=1S/C19H18BrNO3/c20-16(13-5-2-1-3-6-13)17(22)14-7-9-15(10-8-14)19(11-4-12-19)21-18(23)24/h1-3,5-10,16,21H,4,11-12H2,(H,23,24). The van der Waals surface area contributed by atoms with Gasteiger partial charge in [-0.1, -0.05) is 70.5 Å². The summed E-state index contributed by atoms with van der Waals surface area (Å²) >= 11 is 3.46. The lowest BCUT2D eigenvalue weighted by Gasteiger charge is -2.42. The average molecular weight is 388 g/mol. The molecule has 124 valence electrons. The lowest BCUT2D eigenvalue weighted by Crippen LogP contribution is -2.50. The second-order valence-electron chi connectivity index (χ2n) is 6.08. The van der Waals surface area contributed by atoms with Crippen molar-refractivity contribution < 1.29 is 14.7 Å². The first-order chi connectivity index (χ1) is 11.5. The number of carbonyl (C=O) groups is 2. The summed E-state index contributed by atoms with van der Waals surface area (Å²) in [6.45, 7) is 0. The Morgan fingerprint density at radius 1 is 1.04 bits per heavy atom. The van der Waals surface area contributed by atoms with E-state index in [1.807, 2.05) is 42.5 Å². The Hall–Kier alpha value is -2.14. The van der Waals surface area contributed by atoms with Crippen LogP contribution in [0.5, 0.6) is 0 Å². The fourth-order valence-electron chi connectivity index (χ4n) is 3.09. The summed E-state index contributed by atoms with van der Waals surface area (Å²) < 4.78 is 0. The minimum absolute atomic E-state index is 0.0124. The molecule has 1 unspecified atom stereocenters. The number of rotatable bonds is 5. The van der Waals surface area contributed by atoms with Crippen molar-refractivity contribution in [3.05, 3.63) is 71.3 Å². The molecule has 0 radical (unpaired) electrons. The molecule has 1 fully saturated rings. The van der Waals surface area contributed by atoms with E-state index >= 15 is 0 Å². The average Bonchev–Trinajstić information content (AvgIpc) is 2.57. The molecule has 0 spiro atoms. The van der Waals surface area contributed by atoms with Crippen molar-refractivity contribution in [1.82, 2.24) is 5.32 Å². The lowest BCUT2D eigenvalue weighted by atomic mass is 9.71. The predicted molar refractivity (Wildman–Crippen MR) is 95.6 cm³/mol. The summed E-state index contributed by atoms with van der Waals surface area (Å²) in [5, 5.41) is 11.7. The van der Waals surface area contributed by atoms with E-state index in [1.165, 1.54) is 0 Å². The molecule has 0 bridgehead atoms. The smallest absolute Gasteiger partial charge is 0.405 e. The summed E-state index contributed by atoms with van der Waals surface area (Å²) in [6, 6.07) is 16.8. The summed E-state index contributed by atoms with van der Waals surface area (Å²) in [5.41, 5.74) is 1.93. The van der Waals surface area contributed by atoms with E-state index in [1.54, 1.807) is 12.1 Å². The van der Waals surface area contributed by atoms with Gasteiger partial charge in [-0.05, 0) is 30.4 Å². The van der Waals surface area contributed by atoms with Crippen LogP contribution in [0.2, 0.25) is 0 Å². The molecule has 1 aliphatic rings. The number of carboxylic acid groups (broad SMARTS) is 1. The minimum Gasteiger partial charge on any atom is -0.465 e. The zero-order chi connectivity index (χ0) is 17.2. The van der Waals surface area contributed by atoms with Gasteiger partial charge in [-0.25, -0.2) is 4.79 Å². The Morgan fingerprint density at radius 3 is 2.17 bits per heavy atom. The van der Waals surface area contributed by atoms with Crippen LogP contribution in [0.1, 0.15) is 45.6 Å². The first-order valence-corrected chi connectivity index (χ1v) is 8.78. The number of alkyl halides is 1. The second kappa shape index (κ2) is 6.77. The Balaban J connectivity index is 1.79. The fourth-order valence-corrected chi connectivity index (χ4v) is 3.66. The van der Waals surface area contributed by atoms with Crippen molar-refractivity contribution in [2.75, 3.05) is 0 Å². The zero-order valence-corrected chi connectivity index (χ0v) is 14.6. The highest BCUT2D eigenvalue weighted by molar-refractivity contribution is 9.09. The molecular formula is C19H18BrNO3. The van der Waals surface area contributed by atoms with E-state index < -0.39 is 11.6 Å². The monoisotopic (exact) mass is 387 g/mol. The van der Waals surface area contributed by atoms with Gasteiger partial charge in [-0.2, -0.15) is 0 Å². The van der Waals surface area contributed by atoms with Crippen LogP contribution in [0, 0.1) is 0 Å². The molecule has 1 atom stereocenters. The Morgan fingerprint density at radius 2 is 1.67 bits per heavy atom. The van der Waals surface area contributed by atoms with Crippen LogP contribution in [0.3, 0.4) is 0 Å². The fraction of sp³-hybridized carbons (Fsp3) is 0.263. The molecular weight excluding hydrogens is 370 g/mol. The summed E-state index contributed by atoms with van der Waals surface area (Å²) in [4.78, 5) is 23.3. The predicted octanol–water partition coefficient (Wildman–Crippen LogP) is 4.65. The molecule has 1 saturated carbocycles. The largest absolute Gasteiger partial charge is 0.465 e. The summed E-state index contributed by atoms with van der Waals surface area (Å²) in [7, 11) is 0. The van der Waals surface area contributed by atoms with E-state index in [9.17, 15) is 9.59 Å². The molecule has 3 rings (SSSR count). The first kappa shape index (κ1) is 16.7. The minimum atomic E-state index is -1.01. The van der Waals surface area contributed by atoms with Gasteiger partial charge in [0.15, 0.2) is 5.78 Å². The van der Waals surface area contributed by atoms with Gasteiger partial charge in [-0.15, -0.1) is 0 Å². The molecule has 24 heavy (non-hydrogen) atoms. The van der Waals surface area contributed by atoms with Gasteiger partial charge in [0, 0.05) is 5.56 Å². The molecule has 0 heterocycles. The van der Waals surface area contributed by atoms with E-state index in [0.717, 1.165) is 30.4 Å². The Bertz CT molecular complexity index is 739. The van der Waals surface area contributed by atoms with Gasteiger partial charge < -0.3 is 10.4 Å². The number of nitrogens with one attached hydrogen (secondary N) is 1. The van der Waals surface area contributed by atoms with Crippen LogP contribution in [-0.4, -0.2) is 17.0 Å². The first-order valence-electron chi connectivity index (χ1n) is 7.87. The second-order valence-corrected chi connectivity index (χ2v) is 7.00. The van der Waals surface area contributed by atoms with Crippen molar-refractivity contribution in [2.45, 2.75) is 29.6 Å². The Kier molecular flexibility index (Phi) is 4.71. The van der Waals surface area contributed by atoms with Crippen LogP contribution in [0.25, 0.3) is 0 Å². The molecule has 2 aromatic rings. The molecule has 1 amide bonds. The highest BCUT2D eigenvalue weighted by Crippen LogP contribution is 2.41. The molecule has 4 nitrogen and oxygen atoms in total. The van der Waals surface area contributed by atoms with Crippen LogP contribution in [0.15, 0.2) is 54.6 Å². The topological polar surface area (TPSA) is 66.4 Å². The van der Waals surface area contributed by atoms with Crippen molar-refractivity contribution in [1.29, 1.82) is 0 Å². The molecule has 0 aliphatic heterocycles. The van der Waals surface area contributed by atoms with Crippen LogP contribution < -0.4 is 5.32 Å². The maximum absolute atomic E-state index is 12.6. The Labute approximate surface area is 149 Å². The van der Waals surface area contributed by atoms with E-state index in [2.05, 4.69) is 21.2 Å². The number of halogens is 1. The van der Waals surface area contributed by atoms with Gasteiger partial charge in [-0.3, -0.25) is 4.79 Å². The van der Waals surface area contributed by atoms with Gasteiger partial charge in [0.05, 0.1) is 5.54 Å². The maximum Gasteiger partial charge on any atom is 0.405 e. The number of benzene rings is 2. The highest BCUT2D eigenvalue weighted by atomic mass is 79.9. The third kappa shape index (κ3) is 3.22. The number of Topliss-reactive ketones (excluding diaryl/α,β-unsaturated/α-hetero) is 1. The quantitative estimate of drug-likeness (QED) is 0.579. The normalized spacial score (nSPS) is 16.7. The van der Waals surface area contributed by atoms with Crippen molar-refractivity contribution in [3.8, 4) is 0 Å². The van der Waals surface area contributed by atoms with Crippen molar-refractivity contribution in [3.63, 3.8) is 0 Å². The molecule has 2 N–H and O–H groups in total. The molecule has 0 aromatic heterocycles. The lowest BCUT2D eigenvalue weighted by molar-refractivity contribution is 0.0991. The number of hydrogen-bond donors (Lipinski definition) is 2. The van der Waals surface area contributed by atoms with E-state index in [-0.39, 0.29) is 10.6 Å². The number of hydrogen-bond acceptors (Lipinski definition) is 2. The van der Waals surface area contributed by atoms with E-state index in [0.29, 0.717) is 5.56 Å². The van der Waals surface area contributed by atoms with Gasteiger partial charge >= 0.3 is 6.09 Å². The van der Waals surface area contributed by atoms with Gasteiger partial charge in [0.25, 0.3) is 0 Å². The maximum atomic E-state index is 12.6. The van der Waals surface area contributed by atoms with Gasteiger partial charge in [0.1, 0.15) is 4.83 Å². The molecule has 0 saturated heterocycles. The molecule has 1 aliphatic carbocycles. The third-order valence-corrected chi connectivity index (χ3v) is 5.54. The van der Waals surface area contributed by atoms with Crippen LogP contribution in [0.4, 0.5) is 4.79 Å². The molecule has 2 aromatic carbocycles. The van der Waals surface area contributed by atoms with Gasteiger partial charge in [0.2, 0.25) is 0 Å². The van der Waals surface area contributed by atoms with Crippen molar-refractivity contribution in [2.24, 2.45) is 0 Å². The molecule has 5 heteroatoms. The van der Waals surface area contributed by atoms with Crippen LogP contribution >= 0.6 is 15.9 Å². The summed E-state index contributed by atoms with van der Waals surface area (Å²) in [5.74, 6) is -0.0124. The SMILES string of the molecule is O=C(O)NC1(c2ccc(C(=O)C(Br)c3ccccc3)cc2)CCC1. The third-order valence-electron chi connectivity index (χ3n) is 4.60. The van der Waals surface area contributed by atoms with Crippen molar-refractivity contribution >= 4 is 27.8 Å². The number of amides is 1. The summed E-state index contributed by atoms with van der Waals surface area (Å²) in [6.07, 6.45) is 1.56. The van der Waals surface area contributed by atoms with Crippen LogP contribution in [-0.2, 0) is 5.54 Å². The van der Waals surface area contributed by atoms with E-state index in [4.69, 9.17) is 5.11 Å².